The first kappa shape index (κ1) is 41.2. The molecule has 0 aliphatic heterocycles. The van der Waals surface area contributed by atoms with Crippen LogP contribution in [0.2, 0.25) is 0 Å². The number of ketones is 1. The number of carbonyl (C=O) groups excluding carboxylic acids is 2. The lowest BCUT2D eigenvalue weighted by Gasteiger charge is -2.19. The number of anilines is 3. The van der Waals surface area contributed by atoms with Gasteiger partial charge >= 0.3 is 5.97 Å². The van der Waals surface area contributed by atoms with Crippen molar-refractivity contribution in [1.29, 1.82) is 0 Å². The second kappa shape index (κ2) is 23.3. The number of amides is 1. The summed E-state index contributed by atoms with van der Waals surface area (Å²) in [6.07, 6.45) is 2.30. The van der Waals surface area contributed by atoms with Gasteiger partial charge in [0.05, 0.1) is 77.9 Å². The standard InChI is InChI=1S/C33H48N8O9S/c1-41(22-24-21-36-30-28(37-24)29(34)39-33(35)40-30)25-6-4-23(5-7-25)31(43)38-27(32(44)45)9-8-26(42)3-2-10-46-11-12-47-13-14-48-15-16-49-17-18-50-19-20-51/h4-7,21,27,51H,2-3,8-20,22H2,1H3,(H,38,43)(H,44,45)(H4,34,35,36,39,40). The number of hydrogen-bond donors (Lipinski definition) is 5. The maximum atomic E-state index is 12.8. The lowest BCUT2D eigenvalue weighted by atomic mass is 10.1. The minimum absolute atomic E-state index is 0.0154. The van der Waals surface area contributed by atoms with E-state index in [2.05, 4.69) is 37.9 Å². The molecule has 1 unspecified atom stereocenters. The molecule has 1 aromatic carbocycles. The second-order valence-electron chi connectivity index (χ2n) is 11.2. The fourth-order valence-corrected chi connectivity index (χ4v) is 4.74. The number of hydrogen-bond acceptors (Lipinski definition) is 16. The number of carbonyl (C=O) groups is 3. The van der Waals surface area contributed by atoms with Gasteiger partial charge in [0.15, 0.2) is 17.0 Å². The maximum absolute atomic E-state index is 12.8. The average Bonchev–Trinajstić information content (AvgIpc) is 3.11. The first-order chi connectivity index (χ1) is 24.7. The Hall–Kier alpha value is -4.20. The van der Waals surface area contributed by atoms with Crippen molar-refractivity contribution in [2.45, 2.75) is 38.3 Å². The minimum Gasteiger partial charge on any atom is -0.480 e. The lowest BCUT2D eigenvalue weighted by Crippen LogP contribution is -2.41. The fraction of sp³-hybridized carbons (Fsp3) is 0.545. The number of carboxylic acids is 1. The molecule has 18 heteroatoms. The zero-order chi connectivity index (χ0) is 36.8. The van der Waals surface area contributed by atoms with E-state index in [9.17, 15) is 19.5 Å². The number of Topliss-reactive ketones (excluding diaryl/α,β-unsaturated/α-hetero) is 1. The normalized spacial score (nSPS) is 11.8. The van der Waals surface area contributed by atoms with E-state index in [1.165, 1.54) is 0 Å². The Morgan fingerprint density at radius 2 is 1.43 bits per heavy atom. The Balaban J connectivity index is 1.27. The predicted octanol–water partition coefficient (Wildman–Crippen LogP) is 1.55. The molecule has 0 fully saturated rings. The third-order valence-corrected chi connectivity index (χ3v) is 7.44. The van der Waals surface area contributed by atoms with Crippen LogP contribution in [0.3, 0.4) is 0 Å². The number of thiol groups is 1. The van der Waals surface area contributed by atoms with Crippen LogP contribution in [-0.4, -0.2) is 128 Å². The van der Waals surface area contributed by atoms with Crippen LogP contribution >= 0.6 is 12.6 Å². The number of ether oxygens (including phenoxy) is 5. The quantitative estimate of drug-likeness (QED) is 0.0552. The number of aromatic nitrogens is 4. The molecule has 17 nitrogen and oxygen atoms in total. The summed E-state index contributed by atoms with van der Waals surface area (Å²) in [5, 5.41) is 12.2. The average molecular weight is 733 g/mol. The summed E-state index contributed by atoms with van der Waals surface area (Å²) >= 11 is 4.06. The highest BCUT2D eigenvalue weighted by Gasteiger charge is 2.22. The summed E-state index contributed by atoms with van der Waals surface area (Å²) in [6.45, 7) is 5.05. The van der Waals surface area contributed by atoms with Crippen molar-refractivity contribution in [3.8, 4) is 0 Å². The van der Waals surface area contributed by atoms with Gasteiger partial charge < -0.3 is 50.5 Å². The molecule has 6 N–H and O–H groups in total. The van der Waals surface area contributed by atoms with Crippen LogP contribution in [0.1, 0.15) is 41.7 Å². The molecular formula is C33H48N8O9S. The third kappa shape index (κ3) is 15.7. The van der Waals surface area contributed by atoms with Crippen LogP contribution in [0, 0.1) is 0 Å². The Kier molecular flexibility index (Phi) is 18.8. The molecule has 51 heavy (non-hydrogen) atoms. The van der Waals surface area contributed by atoms with Crippen molar-refractivity contribution < 1.29 is 43.2 Å². The van der Waals surface area contributed by atoms with Crippen LogP contribution in [0.25, 0.3) is 11.2 Å². The highest BCUT2D eigenvalue weighted by molar-refractivity contribution is 7.80. The summed E-state index contributed by atoms with van der Waals surface area (Å²) in [5.41, 5.74) is 13.8. The Bertz CT molecular complexity index is 1520. The number of carboxylic acid groups (broad SMARTS) is 1. The van der Waals surface area contributed by atoms with Gasteiger partial charge in [0.25, 0.3) is 5.91 Å². The third-order valence-electron chi connectivity index (χ3n) is 7.25. The smallest absolute Gasteiger partial charge is 0.326 e. The minimum atomic E-state index is -1.22. The molecule has 0 radical (unpaired) electrons. The van der Waals surface area contributed by atoms with E-state index in [0.29, 0.717) is 102 Å². The van der Waals surface area contributed by atoms with E-state index in [1.54, 1.807) is 30.5 Å². The molecule has 3 aromatic rings. The topological polar surface area (TPSA) is 236 Å². The maximum Gasteiger partial charge on any atom is 0.326 e. The summed E-state index contributed by atoms with van der Waals surface area (Å²) < 4.78 is 27.0. The van der Waals surface area contributed by atoms with Crippen molar-refractivity contribution in [3.05, 3.63) is 41.7 Å². The number of rotatable bonds is 27. The van der Waals surface area contributed by atoms with Gasteiger partial charge in [0.2, 0.25) is 5.95 Å². The van der Waals surface area contributed by atoms with Crippen LogP contribution in [-0.2, 0) is 39.8 Å². The number of fused-ring (bicyclic) bond motifs is 1. The predicted molar refractivity (Wildman–Crippen MR) is 193 cm³/mol. The van der Waals surface area contributed by atoms with Gasteiger partial charge in [-0.05, 0) is 37.1 Å². The largest absolute Gasteiger partial charge is 0.480 e. The number of nitrogens with two attached hydrogens (primary N) is 2. The van der Waals surface area contributed by atoms with Gasteiger partial charge in [-0.25, -0.2) is 14.8 Å². The molecular weight excluding hydrogens is 684 g/mol. The van der Waals surface area contributed by atoms with E-state index in [0.717, 1.165) is 5.69 Å². The fourth-order valence-electron chi connectivity index (χ4n) is 4.61. The molecule has 2 heterocycles. The van der Waals surface area contributed by atoms with Crippen LogP contribution in [0.5, 0.6) is 0 Å². The van der Waals surface area contributed by atoms with Gasteiger partial charge in [-0.2, -0.15) is 22.6 Å². The van der Waals surface area contributed by atoms with Crippen molar-refractivity contribution >= 4 is 58.9 Å². The number of nitrogens with one attached hydrogen (secondary N) is 1. The van der Waals surface area contributed by atoms with Crippen molar-refractivity contribution in [1.82, 2.24) is 25.3 Å². The number of benzene rings is 1. The molecule has 0 saturated heterocycles. The van der Waals surface area contributed by atoms with Gasteiger partial charge in [-0.15, -0.1) is 0 Å². The molecule has 0 spiro atoms. The highest BCUT2D eigenvalue weighted by atomic mass is 32.1. The number of aliphatic carboxylic acids is 1. The lowest BCUT2D eigenvalue weighted by molar-refractivity contribution is -0.139. The molecule has 0 bridgehead atoms. The van der Waals surface area contributed by atoms with Gasteiger partial charge in [-0.1, -0.05) is 0 Å². The molecule has 0 saturated carbocycles. The van der Waals surface area contributed by atoms with Crippen molar-refractivity contribution in [2.24, 2.45) is 0 Å². The summed E-state index contributed by atoms with van der Waals surface area (Å²) in [5.74, 6) is -1.05. The van der Waals surface area contributed by atoms with E-state index < -0.39 is 17.9 Å². The monoisotopic (exact) mass is 732 g/mol. The second-order valence-corrected chi connectivity index (χ2v) is 11.7. The van der Waals surface area contributed by atoms with E-state index >= 15 is 0 Å². The zero-order valence-corrected chi connectivity index (χ0v) is 29.7. The van der Waals surface area contributed by atoms with Gasteiger partial charge in [-0.3, -0.25) is 9.59 Å². The van der Waals surface area contributed by atoms with Crippen molar-refractivity contribution in [2.75, 3.05) is 95.2 Å². The molecule has 2 aromatic heterocycles. The molecule has 280 valence electrons. The SMILES string of the molecule is CN(Cc1cnc2nc(N)nc(N)c2n1)c1ccc(C(=O)NC(CCC(=O)CCCOCCOCCOCCOCCOCCS)C(=O)O)cc1. The summed E-state index contributed by atoms with van der Waals surface area (Å²) in [7, 11) is 1.84. The molecule has 0 aliphatic rings. The highest BCUT2D eigenvalue weighted by Crippen LogP contribution is 2.19. The van der Waals surface area contributed by atoms with Gasteiger partial charge in [0.1, 0.15) is 11.8 Å². The molecule has 0 aliphatic carbocycles. The van der Waals surface area contributed by atoms with E-state index in [4.69, 9.17) is 35.2 Å². The van der Waals surface area contributed by atoms with Crippen LogP contribution < -0.4 is 21.7 Å². The number of nitrogens with zero attached hydrogens (tertiary/aromatic N) is 5. The Morgan fingerprint density at radius 1 is 0.843 bits per heavy atom. The Morgan fingerprint density at radius 3 is 2.02 bits per heavy atom. The summed E-state index contributed by atoms with van der Waals surface area (Å²) in [6, 6.07) is 5.43. The van der Waals surface area contributed by atoms with Crippen LogP contribution in [0.15, 0.2) is 30.5 Å². The van der Waals surface area contributed by atoms with Crippen molar-refractivity contribution in [3.63, 3.8) is 0 Å². The molecule has 1 atom stereocenters. The van der Waals surface area contributed by atoms with Gasteiger partial charge in [0, 0.05) is 43.5 Å². The summed E-state index contributed by atoms with van der Waals surface area (Å²) in [4.78, 5) is 55.6. The zero-order valence-electron chi connectivity index (χ0n) is 28.8. The van der Waals surface area contributed by atoms with Crippen LogP contribution in [0.4, 0.5) is 17.5 Å². The first-order valence-electron chi connectivity index (χ1n) is 16.6. The number of nitrogen functional groups attached to an aromatic ring is 2. The van der Waals surface area contributed by atoms with E-state index in [1.807, 2.05) is 11.9 Å². The van der Waals surface area contributed by atoms with E-state index in [-0.39, 0.29) is 42.4 Å². The molecule has 3 rings (SSSR count). The Labute approximate surface area is 302 Å². The molecule has 1 amide bonds. The first-order valence-corrected chi connectivity index (χ1v) is 17.2.